The first-order valence-electron chi connectivity index (χ1n) is 5.38. The van der Waals surface area contributed by atoms with Crippen molar-refractivity contribution in [3.63, 3.8) is 0 Å². The molecule has 0 fully saturated rings. The first kappa shape index (κ1) is 14.7. The van der Waals surface area contributed by atoms with Crippen LogP contribution in [0.5, 0.6) is 0 Å². The molecular weight excluding hydrogens is 289 g/mol. The van der Waals surface area contributed by atoms with Gasteiger partial charge in [-0.25, -0.2) is 4.98 Å². The first-order chi connectivity index (χ1) is 8.74. The van der Waals surface area contributed by atoms with E-state index in [-0.39, 0.29) is 29.6 Å². The van der Waals surface area contributed by atoms with Gasteiger partial charge in [-0.2, -0.15) is 0 Å². The van der Waals surface area contributed by atoms with Crippen LogP contribution >= 0.6 is 11.3 Å². The van der Waals surface area contributed by atoms with Gasteiger partial charge in [0.1, 0.15) is 5.52 Å². The van der Waals surface area contributed by atoms with E-state index in [1.165, 1.54) is 0 Å². The molecule has 3 aromatic rings. The van der Waals surface area contributed by atoms with Gasteiger partial charge in [-0.3, -0.25) is 4.21 Å². The van der Waals surface area contributed by atoms with Crippen LogP contribution in [0.3, 0.4) is 0 Å². The second kappa shape index (κ2) is 6.19. The topological polar surface area (TPSA) is 71.8 Å². The number of nitrogen functional groups attached to an aromatic ring is 1. The summed E-state index contributed by atoms with van der Waals surface area (Å²) in [6.45, 7) is 0. The molecule has 0 aliphatic rings. The summed E-state index contributed by atoms with van der Waals surface area (Å²) >= 11 is 1.57. The van der Waals surface area contributed by atoms with Crippen molar-refractivity contribution in [2.45, 2.75) is 10.9 Å². The third kappa shape index (κ3) is 3.09. The fourth-order valence-electron chi connectivity index (χ4n) is 1.71. The van der Waals surface area contributed by atoms with Crippen molar-refractivity contribution < 1.29 is 33.8 Å². The quantitative estimate of drug-likeness (QED) is 0.507. The molecule has 0 saturated heterocycles. The van der Waals surface area contributed by atoms with Gasteiger partial charge in [0.2, 0.25) is 0 Å². The molecule has 7 heteroatoms. The van der Waals surface area contributed by atoms with Crippen molar-refractivity contribution in [3.8, 4) is 0 Å². The van der Waals surface area contributed by atoms with Gasteiger partial charge in [0, 0.05) is 16.4 Å². The van der Waals surface area contributed by atoms with Gasteiger partial charge in [0.05, 0.1) is 22.1 Å². The summed E-state index contributed by atoms with van der Waals surface area (Å²) in [5, 5.41) is 4.40. The Kier molecular flexibility index (Phi) is 4.81. The summed E-state index contributed by atoms with van der Waals surface area (Å²) in [5.41, 5.74) is 9.19. The maximum atomic E-state index is 12.2. The molecule has 0 amide bonds. The van der Waals surface area contributed by atoms with Crippen molar-refractivity contribution in [2.24, 2.45) is 0 Å². The average molecular weight is 300 g/mol. The number of imidazole rings is 1. The van der Waals surface area contributed by atoms with E-state index in [0.29, 0.717) is 16.6 Å². The van der Waals surface area contributed by atoms with Crippen molar-refractivity contribution in [2.75, 3.05) is 5.73 Å². The Morgan fingerprint density at radius 1 is 1.32 bits per heavy atom. The van der Waals surface area contributed by atoms with Crippen molar-refractivity contribution in [1.82, 2.24) is 9.97 Å². The Labute approximate surface area is 139 Å². The van der Waals surface area contributed by atoms with E-state index < -0.39 is 10.8 Å². The van der Waals surface area contributed by atoms with Crippen LogP contribution in [0.1, 0.15) is 5.56 Å². The summed E-state index contributed by atoms with van der Waals surface area (Å²) in [7, 11) is -1.20. The smallest absolute Gasteiger partial charge is 0.398 e. The fraction of sp³-hybridized carbons (Fsp3) is 0.0833. The number of rotatable bonds is 3. The molecule has 1 atom stereocenters. The molecule has 0 bridgehead atoms. The first-order valence-corrected chi connectivity index (χ1v) is 7.64. The normalized spacial score (nSPS) is 12.2. The summed E-state index contributed by atoms with van der Waals surface area (Å²) in [5.74, 6) is 0.381. The Balaban J connectivity index is 0.00000133. The molecule has 0 aliphatic heterocycles. The van der Waals surface area contributed by atoms with Crippen LogP contribution in [-0.2, 0) is 16.6 Å². The zero-order valence-corrected chi connectivity index (χ0v) is 14.1. The van der Waals surface area contributed by atoms with Gasteiger partial charge in [0.15, 0.2) is 5.16 Å². The van der Waals surface area contributed by atoms with Gasteiger partial charge in [0.25, 0.3) is 0 Å². The van der Waals surface area contributed by atoms with Crippen molar-refractivity contribution in [1.29, 1.82) is 0 Å². The number of aromatic nitrogens is 2. The molecule has 1 aromatic carbocycles. The molecular formula is C12H11N3NaOS2+. The number of aromatic amines is 1. The Morgan fingerprint density at radius 3 is 2.84 bits per heavy atom. The predicted octanol–water partition coefficient (Wildman–Crippen LogP) is -0.482. The number of fused-ring (bicyclic) bond motifs is 1. The third-order valence-electron chi connectivity index (χ3n) is 2.66. The molecule has 0 radical (unpaired) electrons. The fourth-order valence-corrected chi connectivity index (χ4v) is 3.50. The maximum Gasteiger partial charge on any atom is 1.00 e. The molecule has 4 nitrogen and oxygen atoms in total. The second-order valence-corrected chi connectivity index (χ2v) is 6.01. The van der Waals surface area contributed by atoms with Gasteiger partial charge in [-0.1, -0.05) is 18.2 Å². The molecule has 0 aliphatic carbocycles. The van der Waals surface area contributed by atoms with Gasteiger partial charge in [-0.05, 0) is 11.6 Å². The van der Waals surface area contributed by atoms with Crippen LogP contribution < -0.4 is 35.3 Å². The number of nitrogens with one attached hydrogen (secondary N) is 1. The van der Waals surface area contributed by atoms with E-state index in [4.69, 9.17) is 5.73 Å². The van der Waals surface area contributed by atoms with E-state index in [9.17, 15) is 4.21 Å². The third-order valence-corrected chi connectivity index (χ3v) is 4.59. The zero-order chi connectivity index (χ0) is 12.5. The molecule has 2 aromatic heterocycles. The summed E-state index contributed by atoms with van der Waals surface area (Å²) < 4.78 is 12.2. The van der Waals surface area contributed by atoms with Crippen LogP contribution in [0, 0.1) is 0 Å². The van der Waals surface area contributed by atoms with E-state index in [1.807, 2.05) is 35.0 Å². The van der Waals surface area contributed by atoms with Crippen LogP contribution in [0.2, 0.25) is 0 Å². The van der Waals surface area contributed by atoms with Gasteiger partial charge >= 0.3 is 29.6 Å². The molecule has 0 saturated carbocycles. The number of hydrogen-bond donors (Lipinski definition) is 2. The number of anilines is 1. The minimum atomic E-state index is -1.20. The number of para-hydroxylation sites is 1. The van der Waals surface area contributed by atoms with Crippen molar-refractivity contribution in [3.05, 3.63) is 40.6 Å². The second-order valence-electron chi connectivity index (χ2n) is 3.90. The van der Waals surface area contributed by atoms with Crippen LogP contribution in [0.4, 0.5) is 5.69 Å². The summed E-state index contributed by atoms with van der Waals surface area (Å²) in [6.07, 6.45) is 0. The molecule has 3 N–H and O–H groups in total. The maximum absolute atomic E-state index is 12.2. The number of thiophene rings is 1. The van der Waals surface area contributed by atoms with Crippen molar-refractivity contribution >= 4 is 38.9 Å². The Hall–Kier alpha value is -0.660. The SMILES string of the molecule is Nc1ccccc1CS(=O)c1nc2cscc2[nH]1.[Na+]. The monoisotopic (exact) mass is 300 g/mol. The summed E-state index contributed by atoms with van der Waals surface area (Å²) in [4.78, 5) is 7.39. The average Bonchev–Trinajstić information content (AvgIpc) is 2.92. The standard InChI is InChI=1S/C12H11N3OS2.Na/c13-9-4-2-1-3-8(9)7-18(16)12-14-10-5-17-6-11(10)15-12;/h1-6H,7,13H2,(H,14,15);/q;+1. The molecule has 1 unspecified atom stereocenters. The minimum Gasteiger partial charge on any atom is -0.398 e. The van der Waals surface area contributed by atoms with Crippen LogP contribution in [-0.4, -0.2) is 14.2 Å². The number of hydrogen-bond acceptors (Lipinski definition) is 4. The molecule has 2 heterocycles. The number of nitrogens with two attached hydrogens (primary N) is 1. The van der Waals surface area contributed by atoms with Gasteiger partial charge in [-0.15, -0.1) is 11.3 Å². The molecule has 19 heavy (non-hydrogen) atoms. The molecule has 0 spiro atoms. The van der Waals surface area contributed by atoms with Crippen LogP contribution in [0.15, 0.2) is 40.2 Å². The number of nitrogens with zero attached hydrogens (tertiary/aromatic N) is 1. The van der Waals surface area contributed by atoms with Crippen LogP contribution in [0.25, 0.3) is 11.0 Å². The Bertz CT molecular complexity index is 694. The predicted molar refractivity (Wildman–Crippen MR) is 74.9 cm³/mol. The Morgan fingerprint density at radius 2 is 2.11 bits per heavy atom. The minimum absolute atomic E-state index is 0. The summed E-state index contributed by atoms with van der Waals surface area (Å²) in [6, 6.07) is 7.46. The van der Waals surface area contributed by atoms with Gasteiger partial charge < -0.3 is 10.7 Å². The number of H-pyrrole nitrogens is 1. The van der Waals surface area contributed by atoms with E-state index in [1.54, 1.807) is 11.3 Å². The molecule has 92 valence electrons. The number of benzene rings is 1. The van der Waals surface area contributed by atoms with E-state index >= 15 is 0 Å². The van der Waals surface area contributed by atoms with E-state index in [0.717, 1.165) is 16.6 Å². The van der Waals surface area contributed by atoms with E-state index in [2.05, 4.69) is 9.97 Å². The zero-order valence-electron chi connectivity index (χ0n) is 10.4. The largest absolute Gasteiger partial charge is 1.00 e. The molecule has 3 rings (SSSR count).